The average molecular weight is 416 g/mol. The van der Waals surface area contributed by atoms with Crippen LogP contribution in [-0.4, -0.2) is 42.2 Å². The standard InChI is InChI=1S/C23H24N6O2/c1-5-28-21-11-8-18(12-20(21)26-15(2)22(28)30)23(31)27(4)16(3)17-6-9-19(10-7-17)29-14-24-13-25-29/h6-14,16H,5H2,1-4H3/t16-/m1/s1. The van der Waals surface area contributed by atoms with Gasteiger partial charge in [-0.25, -0.2) is 14.6 Å². The summed E-state index contributed by atoms with van der Waals surface area (Å²) < 4.78 is 3.36. The van der Waals surface area contributed by atoms with Gasteiger partial charge in [-0.1, -0.05) is 12.1 Å². The normalized spacial score (nSPS) is 12.1. The smallest absolute Gasteiger partial charge is 0.272 e. The number of nitrogens with zero attached hydrogens (tertiary/aromatic N) is 6. The molecule has 0 fully saturated rings. The van der Waals surface area contributed by atoms with E-state index >= 15 is 0 Å². The molecule has 0 aliphatic rings. The Kier molecular flexibility index (Phi) is 5.37. The molecule has 31 heavy (non-hydrogen) atoms. The van der Waals surface area contributed by atoms with Crippen molar-refractivity contribution < 1.29 is 4.79 Å². The van der Waals surface area contributed by atoms with Gasteiger partial charge in [0.25, 0.3) is 11.5 Å². The van der Waals surface area contributed by atoms with Crippen LogP contribution in [-0.2, 0) is 6.54 Å². The lowest BCUT2D eigenvalue weighted by molar-refractivity contribution is 0.0743. The molecule has 158 valence electrons. The highest BCUT2D eigenvalue weighted by atomic mass is 16.2. The fourth-order valence-corrected chi connectivity index (χ4v) is 3.67. The molecule has 4 rings (SSSR count). The van der Waals surface area contributed by atoms with Gasteiger partial charge in [0, 0.05) is 19.2 Å². The predicted octanol–water partition coefficient (Wildman–Crippen LogP) is 3.14. The summed E-state index contributed by atoms with van der Waals surface area (Å²) in [5.74, 6) is -0.108. The maximum absolute atomic E-state index is 13.2. The van der Waals surface area contributed by atoms with E-state index in [1.807, 2.05) is 38.1 Å². The van der Waals surface area contributed by atoms with E-state index in [-0.39, 0.29) is 17.5 Å². The molecule has 1 atom stereocenters. The first-order valence-electron chi connectivity index (χ1n) is 10.1. The average Bonchev–Trinajstić information content (AvgIpc) is 3.33. The molecule has 2 aromatic carbocycles. The number of aromatic nitrogens is 5. The summed E-state index contributed by atoms with van der Waals surface area (Å²) in [6.07, 6.45) is 3.13. The molecule has 0 N–H and O–H groups in total. The van der Waals surface area contributed by atoms with Crippen molar-refractivity contribution in [3.63, 3.8) is 0 Å². The predicted molar refractivity (Wildman–Crippen MR) is 118 cm³/mol. The van der Waals surface area contributed by atoms with Gasteiger partial charge in [-0.2, -0.15) is 5.10 Å². The summed E-state index contributed by atoms with van der Waals surface area (Å²) in [6, 6.07) is 13.0. The van der Waals surface area contributed by atoms with Crippen LogP contribution in [0, 0.1) is 6.92 Å². The highest BCUT2D eigenvalue weighted by Gasteiger charge is 2.20. The number of hydrogen-bond acceptors (Lipinski definition) is 5. The van der Waals surface area contributed by atoms with Crippen molar-refractivity contribution in [2.45, 2.75) is 33.4 Å². The lowest BCUT2D eigenvalue weighted by Crippen LogP contribution is -2.30. The minimum Gasteiger partial charge on any atom is -0.335 e. The fraction of sp³-hybridized carbons (Fsp3) is 0.261. The van der Waals surface area contributed by atoms with E-state index in [1.165, 1.54) is 6.33 Å². The maximum atomic E-state index is 13.2. The monoisotopic (exact) mass is 416 g/mol. The molecular formula is C23H24N6O2. The van der Waals surface area contributed by atoms with E-state index in [0.29, 0.717) is 23.3 Å². The number of carbonyl (C=O) groups is 1. The van der Waals surface area contributed by atoms with Gasteiger partial charge in [-0.15, -0.1) is 0 Å². The molecule has 2 heterocycles. The van der Waals surface area contributed by atoms with E-state index in [4.69, 9.17) is 0 Å². The Labute approximate surface area is 179 Å². The SMILES string of the molecule is CCn1c(=O)c(C)nc2cc(C(=O)N(C)[C@H](C)c3ccc(-n4cncn4)cc3)ccc21. The summed E-state index contributed by atoms with van der Waals surface area (Å²) in [6.45, 7) is 6.15. The molecule has 0 aliphatic carbocycles. The number of aryl methyl sites for hydroxylation is 2. The highest BCUT2D eigenvalue weighted by Crippen LogP contribution is 2.23. The minimum absolute atomic E-state index is 0.103. The first-order chi connectivity index (χ1) is 14.9. The van der Waals surface area contributed by atoms with Crippen LogP contribution in [0.15, 0.2) is 59.9 Å². The van der Waals surface area contributed by atoms with E-state index in [2.05, 4.69) is 15.1 Å². The van der Waals surface area contributed by atoms with Gasteiger partial charge in [0.1, 0.15) is 18.3 Å². The van der Waals surface area contributed by atoms with Crippen LogP contribution in [0.4, 0.5) is 0 Å². The number of fused-ring (bicyclic) bond motifs is 1. The Hall–Kier alpha value is -3.81. The largest absolute Gasteiger partial charge is 0.335 e. The van der Waals surface area contributed by atoms with Crippen LogP contribution >= 0.6 is 0 Å². The van der Waals surface area contributed by atoms with E-state index in [1.54, 1.807) is 52.6 Å². The van der Waals surface area contributed by atoms with Crippen molar-refractivity contribution in [3.8, 4) is 5.69 Å². The molecule has 4 aromatic rings. The molecule has 2 aromatic heterocycles. The molecule has 0 bridgehead atoms. The first-order valence-corrected chi connectivity index (χ1v) is 10.1. The molecule has 0 spiro atoms. The summed E-state index contributed by atoms with van der Waals surface area (Å²) >= 11 is 0. The van der Waals surface area contributed by atoms with Gasteiger partial charge in [0.2, 0.25) is 0 Å². The van der Waals surface area contributed by atoms with Crippen molar-refractivity contribution in [1.29, 1.82) is 0 Å². The van der Waals surface area contributed by atoms with Gasteiger partial charge in [-0.3, -0.25) is 9.59 Å². The van der Waals surface area contributed by atoms with E-state index in [9.17, 15) is 9.59 Å². The fourth-order valence-electron chi connectivity index (χ4n) is 3.67. The zero-order chi connectivity index (χ0) is 22.1. The lowest BCUT2D eigenvalue weighted by atomic mass is 10.1. The second kappa shape index (κ2) is 8.14. The molecule has 0 unspecified atom stereocenters. The number of hydrogen-bond donors (Lipinski definition) is 0. The van der Waals surface area contributed by atoms with Crippen molar-refractivity contribution in [2.24, 2.45) is 0 Å². The van der Waals surface area contributed by atoms with Crippen LogP contribution < -0.4 is 5.56 Å². The van der Waals surface area contributed by atoms with Gasteiger partial charge in [0.05, 0.1) is 22.8 Å². The number of amides is 1. The summed E-state index contributed by atoms with van der Waals surface area (Å²) in [7, 11) is 1.79. The molecule has 8 nitrogen and oxygen atoms in total. The van der Waals surface area contributed by atoms with Gasteiger partial charge in [-0.05, 0) is 56.7 Å². The summed E-state index contributed by atoms with van der Waals surface area (Å²) in [4.78, 5) is 35.5. The van der Waals surface area contributed by atoms with Gasteiger partial charge >= 0.3 is 0 Å². The Morgan fingerprint density at radius 2 is 1.90 bits per heavy atom. The van der Waals surface area contributed by atoms with Crippen molar-refractivity contribution in [1.82, 2.24) is 29.2 Å². The van der Waals surface area contributed by atoms with Crippen molar-refractivity contribution >= 4 is 16.9 Å². The molecule has 0 radical (unpaired) electrons. The molecule has 8 heteroatoms. The van der Waals surface area contributed by atoms with Gasteiger partial charge in [0.15, 0.2) is 0 Å². The third-order valence-corrected chi connectivity index (χ3v) is 5.63. The van der Waals surface area contributed by atoms with Crippen LogP contribution in [0.2, 0.25) is 0 Å². The van der Waals surface area contributed by atoms with Crippen LogP contribution in [0.3, 0.4) is 0 Å². The maximum Gasteiger partial charge on any atom is 0.272 e. The Balaban J connectivity index is 1.60. The quantitative estimate of drug-likeness (QED) is 0.499. The third-order valence-electron chi connectivity index (χ3n) is 5.63. The Bertz CT molecular complexity index is 1290. The molecule has 0 saturated heterocycles. The summed E-state index contributed by atoms with van der Waals surface area (Å²) in [5.41, 5.74) is 4.14. The first kappa shape index (κ1) is 20.5. The van der Waals surface area contributed by atoms with Crippen molar-refractivity contribution in [2.75, 3.05) is 7.05 Å². The van der Waals surface area contributed by atoms with Crippen LogP contribution in [0.1, 0.15) is 41.5 Å². The molecule has 0 aliphatic heterocycles. The van der Waals surface area contributed by atoms with Crippen LogP contribution in [0.25, 0.3) is 16.7 Å². The molecule has 0 saturated carbocycles. The topological polar surface area (TPSA) is 85.9 Å². The lowest BCUT2D eigenvalue weighted by Gasteiger charge is -2.26. The number of carbonyl (C=O) groups excluding carboxylic acids is 1. The molecular weight excluding hydrogens is 392 g/mol. The third kappa shape index (κ3) is 3.72. The van der Waals surface area contributed by atoms with Gasteiger partial charge < -0.3 is 9.47 Å². The minimum atomic E-state index is -0.132. The second-order valence-corrected chi connectivity index (χ2v) is 7.47. The highest BCUT2D eigenvalue weighted by molar-refractivity contribution is 5.97. The Morgan fingerprint density at radius 3 is 2.55 bits per heavy atom. The van der Waals surface area contributed by atoms with E-state index < -0.39 is 0 Å². The van der Waals surface area contributed by atoms with Crippen molar-refractivity contribution in [3.05, 3.63) is 82.3 Å². The van der Waals surface area contributed by atoms with E-state index in [0.717, 1.165) is 16.8 Å². The van der Waals surface area contributed by atoms with Crippen LogP contribution in [0.5, 0.6) is 0 Å². The molecule has 1 amide bonds. The second-order valence-electron chi connectivity index (χ2n) is 7.47. The zero-order valence-corrected chi connectivity index (χ0v) is 18.0. The number of benzene rings is 2. The summed E-state index contributed by atoms with van der Waals surface area (Å²) in [5, 5.41) is 4.13. The zero-order valence-electron chi connectivity index (χ0n) is 18.0. The number of rotatable bonds is 5. The Morgan fingerprint density at radius 1 is 1.16 bits per heavy atom.